The SMILES string of the molecule is [B]CC(=O)N(CCNC(C)(C)C)CCC(C)C. The molecule has 0 aromatic carbocycles. The highest BCUT2D eigenvalue weighted by molar-refractivity contribution is 6.19. The van der Waals surface area contributed by atoms with Gasteiger partial charge in [-0.2, -0.15) is 0 Å². The fraction of sp³-hybridized carbons (Fsp3) is 0.923. The van der Waals surface area contributed by atoms with Gasteiger partial charge in [0.25, 0.3) is 0 Å². The van der Waals surface area contributed by atoms with Crippen LogP contribution in [0.15, 0.2) is 0 Å². The molecular weight excluding hydrogens is 211 g/mol. The third-order valence-electron chi connectivity index (χ3n) is 2.54. The molecule has 0 aliphatic carbocycles. The minimum Gasteiger partial charge on any atom is -0.342 e. The van der Waals surface area contributed by atoms with Crippen LogP contribution in [0.2, 0.25) is 6.32 Å². The van der Waals surface area contributed by atoms with Gasteiger partial charge in [0.1, 0.15) is 0 Å². The minimum absolute atomic E-state index is 0.0429. The lowest BCUT2D eigenvalue weighted by Gasteiger charge is -2.26. The highest BCUT2D eigenvalue weighted by Crippen LogP contribution is 2.04. The monoisotopic (exact) mass is 238 g/mol. The second-order valence-corrected chi connectivity index (χ2v) is 5.94. The summed E-state index contributed by atoms with van der Waals surface area (Å²) in [6, 6.07) is 0. The van der Waals surface area contributed by atoms with Gasteiger partial charge in [0.2, 0.25) is 5.91 Å². The Labute approximate surface area is 108 Å². The van der Waals surface area contributed by atoms with Crippen molar-refractivity contribution in [2.75, 3.05) is 19.6 Å². The van der Waals surface area contributed by atoms with E-state index in [2.05, 4.69) is 39.9 Å². The molecule has 0 bridgehead atoms. The number of nitrogens with zero attached hydrogens (tertiary/aromatic N) is 1. The predicted octanol–water partition coefficient (Wildman–Crippen LogP) is 1.84. The van der Waals surface area contributed by atoms with Gasteiger partial charge in [-0.25, -0.2) is 0 Å². The number of hydrogen-bond acceptors (Lipinski definition) is 2. The maximum atomic E-state index is 11.7. The fourth-order valence-corrected chi connectivity index (χ4v) is 1.47. The first-order valence-electron chi connectivity index (χ1n) is 6.49. The van der Waals surface area contributed by atoms with E-state index in [9.17, 15) is 4.79 Å². The standard InChI is InChI=1S/C13H27BN2O/c1-11(2)6-8-16(12(17)10-14)9-7-15-13(3,4)5/h11,15H,6-10H2,1-5H3. The molecule has 0 atom stereocenters. The van der Waals surface area contributed by atoms with Crippen molar-refractivity contribution in [3.05, 3.63) is 0 Å². The zero-order valence-electron chi connectivity index (χ0n) is 12.0. The maximum Gasteiger partial charge on any atom is 0.213 e. The Hall–Kier alpha value is -0.505. The first kappa shape index (κ1) is 16.5. The van der Waals surface area contributed by atoms with E-state index in [1.807, 2.05) is 4.90 Å². The number of nitrogens with one attached hydrogen (secondary N) is 1. The van der Waals surface area contributed by atoms with Crippen LogP contribution in [0.5, 0.6) is 0 Å². The normalized spacial score (nSPS) is 11.9. The smallest absolute Gasteiger partial charge is 0.213 e. The van der Waals surface area contributed by atoms with E-state index in [1.165, 1.54) is 0 Å². The molecule has 17 heavy (non-hydrogen) atoms. The molecule has 0 aromatic heterocycles. The molecule has 0 fully saturated rings. The molecule has 0 saturated carbocycles. The summed E-state index contributed by atoms with van der Waals surface area (Å²) in [7, 11) is 5.43. The number of rotatable bonds is 7. The maximum absolute atomic E-state index is 11.7. The Morgan fingerprint density at radius 3 is 2.29 bits per heavy atom. The van der Waals surface area contributed by atoms with Gasteiger partial charge in [-0.15, -0.1) is 0 Å². The van der Waals surface area contributed by atoms with Gasteiger partial charge in [0.05, 0.1) is 7.85 Å². The molecule has 1 N–H and O–H groups in total. The van der Waals surface area contributed by atoms with Crippen molar-refractivity contribution in [2.24, 2.45) is 5.92 Å². The Morgan fingerprint density at radius 2 is 1.88 bits per heavy atom. The zero-order chi connectivity index (χ0) is 13.5. The van der Waals surface area contributed by atoms with Crippen LogP contribution in [-0.4, -0.2) is 43.8 Å². The molecule has 0 aliphatic rings. The lowest BCUT2D eigenvalue weighted by molar-refractivity contribution is -0.128. The highest BCUT2D eigenvalue weighted by Gasteiger charge is 2.13. The summed E-state index contributed by atoms with van der Waals surface area (Å²) in [5, 5.41) is 3.38. The summed E-state index contributed by atoms with van der Waals surface area (Å²) in [4.78, 5) is 13.5. The number of carbonyl (C=O) groups excluding carboxylic acids is 1. The first-order chi connectivity index (χ1) is 7.76. The fourth-order valence-electron chi connectivity index (χ4n) is 1.47. The molecule has 2 radical (unpaired) electrons. The van der Waals surface area contributed by atoms with Crippen LogP contribution in [0, 0.1) is 5.92 Å². The Balaban J connectivity index is 4.07. The molecule has 98 valence electrons. The van der Waals surface area contributed by atoms with Gasteiger partial charge in [-0.3, -0.25) is 4.79 Å². The first-order valence-corrected chi connectivity index (χ1v) is 6.49. The molecule has 0 aliphatic heterocycles. The van der Waals surface area contributed by atoms with Crippen molar-refractivity contribution >= 4 is 13.8 Å². The third kappa shape index (κ3) is 9.22. The lowest BCUT2D eigenvalue weighted by atomic mass is 10.0. The minimum atomic E-state index is 0.0429. The van der Waals surface area contributed by atoms with Crippen molar-refractivity contribution < 1.29 is 4.79 Å². The van der Waals surface area contributed by atoms with Crippen LogP contribution < -0.4 is 5.32 Å². The van der Waals surface area contributed by atoms with Crippen molar-refractivity contribution in [1.29, 1.82) is 0 Å². The number of hydrogen-bond donors (Lipinski definition) is 1. The molecule has 3 nitrogen and oxygen atoms in total. The third-order valence-corrected chi connectivity index (χ3v) is 2.54. The van der Waals surface area contributed by atoms with Gasteiger partial charge in [0.15, 0.2) is 0 Å². The second-order valence-electron chi connectivity index (χ2n) is 5.94. The summed E-state index contributed by atoms with van der Waals surface area (Å²) >= 11 is 0. The van der Waals surface area contributed by atoms with Gasteiger partial charge in [0, 0.05) is 25.2 Å². The molecule has 4 heteroatoms. The van der Waals surface area contributed by atoms with E-state index in [4.69, 9.17) is 7.85 Å². The largest absolute Gasteiger partial charge is 0.342 e. The van der Waals surface area contributed by atoms with E-state index in [-0.39, 0.29) is 17.8 Å². The van der Waals surface area contributed by atoms with Crippen molar-refractivity contribution in [2.45, 2.75) is 52.9 Å². The van der Waals surface area contributed by atoms with Crippen molar-refractivity contribution in [1.82, 2.24) is 10.2 Å². The second kappa shape index (κ2) is 7.75. The Kier molecular flexibility index (Phi) is 7.52. The van der Waals surface area contributed by atoms with Crippen LogP contribution in [0.4, 0.5) is 0 Å². The van der Waals surface area contributed by atoms with E-state index in [0.717, 1.165) is 26.1 Å². The quantitative estimate of drug-likeness (QED) is 0.686. The summed E-state index contributed by atoms with van der Waals surface area (Å²) in [5.41, 5.74) is 0.0927. The molecule has 1 amide bonds. The van der Waals surface area contributed by atoms with Gasteiger partial charge in [-0.1, -0.05) is 13.8 Å². The van der Waals surface area contributed by atoms with E-state index < -0.39 is 0 Å². The zero-order valence-corrected chi connectivity index (χ0v) is 12.0. The van der Waals surface area contributed by atoms with Crippen molar-refractivity contribution in [3.63, 3.8) is 0 Å². The summed E-state index contributed by atoms with van der Waals surface area (Å²) in [5.74, 6) is 0.653. The topological polar surface area (TPSA) is 32.3 Å². The summed E-state index contributed by atoms with van der Waals surface area (Å²) in [6.07, 6.45) is 1.13. The van der Waals surface area contributed by atoms with E-state index >= 15 is 0 Å². The van der Waals surface area contributed by atoms with E-state index in [1.54, 1.807) is 0 Å². The van der Waals surface area contributed by atoms with Crippen LogP contribution in [-0.2, 0) is 4.79 Å². The molecular formula is C13H27BN2O. The summed E-state index contributed by atoms with van der Waals surface area (Å²) in [6.45, 7) is 13.0. The Bertz CT molecular complexity index is 224. The van der Waals surface area contributed by atoms with Gasteiger partial charge >= 0.3 is 0 Å². The number of carbonyl (C=O) groups is 1. The average Bonchev–Trinajstić information content (AvgIpc) is 2.20. The van der Waals surface area contributed by atoms with Gasteiger partial charge < -0.3 is 10.2 Å². The van der Waals surface area contributed by atoms with Crippen LogP contribution in [0.25, 0.3) is 0 Å². The number of amides is 1. The molecule has 0 spiro atoms. The van der Waals surface area contributed by atoms with Crippen LogP contribution in [0.1, 0.15) is 41.0 Å². The summed E-state index contributed by atoms with van der Waals surface area (Å²) < 4.78 is 0. The Morgan fingerprint density at radius 1 is 1.29 bits per heavy atom. The molecule has 0 rings (SSSR count). The van der Waals surface area contributed by atoms with Gasteiger partial charge in [-0.05, 0) is 39.4 Å². The molecule has 0 unspecified atom stereocenters. The average molecular weight is 238 g/mol. The van der Waals surface area contributed by atoms with E-state index in [0.29, 0.717) is 5.92 Å². The lowest BCUT2D eigenvalue weighted by Crippen LogP contribution is -2.43. The highest BCUT2D eigenvalue weighted by atomic mass is 16.2. The van der Waals surface area contributed by atoms with Crippen LogP contribution in [0.3, 0.4) is 0 Å². The molecule has 0 heterocycles. The molecule has 0 aromatic rings. The van der Waals surface area contributed by atoms with Crippen molar-refractivity contribution in [3.8, 4) is 0 Å². The van der Waals surface area contributed by atoms with Crippen LogP contribution >= 0.6 is 0 Å². The predicted molar refractivity (Wildman–Crippen MR) is 74.4 cm³/mol. The molecule has 0 saturated heterocycles.